The highest BCUT2D eigenvalue weighted by atomic mass is 32.2. The zero-order valence-electron chi connectivity index (χ0n) is 17.1. The van der Waals surface area contributed by atoms with Gasteiger partial charge in [-0.25, -0.2) is 4.39 Å². The second-order valence-electron chi connectivity index (χ2n) is 6.52. The number of methoxy groups -OCH3 is 2. The quantitative estimate of drug-likeness (QED) is 0.526. The molecule has 2 aromatic carbocycles. The number of carbonyl (C=O) groups excluding carboxylic acids is 2. The summed E-state index contributed by atoms with van der Waals surface area (Å²) in [5.74, 6) is -0.378. The summed E-state index contributed by atoms with van der Waals surface area (Å²) in [7, 11) is 2.94. The number of halogens is 1. The highest BCUT2D eigenvalue weighted by molar-refractivity contribution is 8.15. The van der Waals surface area contributed by atoms with E-state index in [2.05, 4.69) is 20.8 Å². The van der Waals surface area contributed by atoms with Crippen LogP contribution in [-0.2, 0) is 9.59 Å². The summed E-state index contributed by atoms with van der Waals surface area (Å²) >= 11 is 1.10. The monoisotopic (exact) mass is 444 g/mol. The molecule has 0 spiro atoms. The molecule has 2 N–H and O–H groups in total. The van der Waals surface area contributed by atoms with Crippen LogP contribution in [-0.4, -0.2) is 42.2 Å². The van der Waals surface area contributed by atoms with Gasteiger partial charge in [0, 0.05) is 17.7 Å². The topological polar surface area (TPSA) is 101 Å². The maximum atomic E-state index is 13.9. The summed E-state index contributed by atoms with van der Waals surface area (Å²) < 4.78 is 23.9. The summed E-state index contributed by atoms with van der Waals surface area (Å²) in [5.41, 5.74) is 1.54. The van der Waals surface area contributed by atoms with E-state index in [-0.39, 0.29) is 29.2 Å². The number of anilines is 1. The van der Waals surface area contributed by atoms with Gasteiger partial charge < -0.3 is 20.1 Å². The first-order valence-electron chi connectivity index (χ1n) is 9.27. The minimum atomic E-state index is -0.663. The van der Waals surface area contributed by atoms with Gasteiger partial charge in [0.2, 0.25) is 11.8 Å². The molecule has 0 bridgehead atoms. The van der Waals surface area contributed by atoms with Crippen LogP contribution in [0.15, 0.2) is 52.7 Å². The molecule has 3 rings (SSSR count). The molecule has 8 nitrogen and oxygen atoms in total. The van der Waals surface area contributed by atoms with Crippen molar-refractivity contribution in [2.24, 2.45) is 10.2 Å². The van der Waals surface area contributed by atoms with Crippen molar-refractivity contribution >= 4 is 40.1 Å². The number of nitrogens with zero attached hydrogens (tertiary/aromatic N) is 2. The second kappa shape index (κ2) is 10.1. The van der Waals surface area contributed by atoms with Crippen LogP contribution < -0.4 is 20.1 Å². The van der Waals surface area contributed by atoms with Crippen LogP contribution >= 0.6 is 11.8 Å². The molecule has 0 unspecified atom stereocenters. The molecular weight excluding hydrogens is 423 g/mol. The summed E-state index contributed by atoms with van der Waals surface area (Å²) in [6.45, 7) is 1.66. The maximum absolute atomic E-state index is 13.9. The summed E-state index contributed by atoms with van der Waals surface area (Å²) in [6, 6.07) is 11.3. The zero-order chi connectivity index (χ0) is 22.4. The lowest BCUT2D eigenvalue weighted by atomic mass is 10.1. The Morgan fingerprint density at radius 1 is 1.19 bits per heavy atom. The Bertz CT molecular complexity index is 1040. The molecular formula is C21H21FN4O4S. The molecule has 10 heteroatoms. The van der Waals surface area contributed by atoms with Crippen molar-refractivity contribution in [1.29, 1.82) is 0 Å². The van der Waals surface area contributed by atoms with Gasteiger partial charge in [0.05, 0.1) is 19.9 Å². The fraction of sp³-hybridized carbons (Fsp3) is 0.238. The third-order valence-electron chi connectivity index (χ3n) is 4.38. The molecule has 0 radical (unpaired) electrons. The van der Waals surface area contributed by atoms with E-state index in [4.69, 9.17) is 9.47 Å². The molecule has 1 atom stereocenters. The number of rotatable bonds is 6. The van der Waals surface area contributed by atoms with Crippen molar-refractivity contribution in [3.05, 3.63) is 53.8 Å². The Morgan fingerprint density at radius 2 is 1.94 bits per heavy atom. The molecule has 31 heavy (non-hydrogen) atoms. The molecule has 0 saturated carbocycles. The van der Waals surface area contributed by atoms with Crippen molar-refractivity contribution in [1.82, 2.24) is 5.32 Å². The Labute approximate surface area is 182 Å². The Balaban J connectivity index is 1.69. The van der Waals surface area contributed by atoms with E-state index in [9.17, 15) is 14.0 Å². The summed E-state index contributed by atoms with van der Waals surface area (Å²) in [5, 5.41) is 13.0. The van der Waals surface area contributed by atoms with Crippen LogP contribution in [0, 0.1) is 5.82 Å². The van der Waals surface area contributed by atoms with Gasteiger partial charge in [-0.15, -0.1) is 5.10 Å². The van der Waals surface area contributed by atoms with Gasteiger partial charge in [-0.3, -0.25) is 9.59 Å². The Kier molecular flexibility index (Phi) is 7.24. The highest BCUT2D eigenvalue weighted by Gasteiger charge is 2.30. The van der Waals surface area contributed by atoms with Crippen molar-refractivity contribution < 1.29 is 23.5 Å². The summed E-state index contributed by atoms with van der Waals surface area (Å²) in [6.07, 6.45) is 0.0120. The van der Waals surface area contributed by atoms with E-state index in [1.807, 2.05) is 0 Å². The number of thioether (sulfide) groups is 1. The zero-order valence-corrected chi connectivity index (χ0v) is 18.0. The average Bonchev–Trinajstić information content (AvgIpc) is 2.77. The molecule has 1 aliphatic heterocycles. The highest BCUT2D eigenvalue weighted by Crippen LogP contribution is 2.24. The van der Waals surface area contributed by atoms with Gasteiger partial charge in [0.15, 0.2) is 16.7 Å². The predicted molar refractivity (Wildman–Crippen MR) is 118 cm³/mol. The van der Waals surface area contributed by atoms with Gasteiger partial charge >= 0.3 is 0 Å². The standard InChI is InChI=1S/C21H21FN4O4S/c1-12(13-4-9-17(30-3)16(22)10-13)25-26-21-24-19(27)11-18(31-21)20(28)23-14-5-7-15(29-2)8-6-14/h4-10,18H,11H2,1-3H3,(H,23,28)(H,24,26,27)/b25-12+/t18-/m0/s1. The van der Waals surface area contributed by atoms with Crippen LogP contribution in [0.1, 0.15) is 18.9 Å². The predicted octanol–water partition coefficient (Wildman–Crippen LogP) is 3.18. The number of hydrogen-bond donors (Lipinski definition) is 2. The SMILES string of the molecule is COc1ccc(NC(=O)[C@@H]2CC(=O)N/C(=N\N=C(/C)c3ccc(OC)c(F)c3)S2)cc1. The number of amidine groups is 1. The lowest BCUT2D eigenvalue weighted by Gasteiger charge is -2.21. The number of nitrogens with one attached hydrogen (secondary N) is 2. The minimum absolute atomic E-state index is 0.0120. The van der Waals surface area contributed by atoms with Crippen molar-refractivity contribution in [3.8, 4) is 11.5 Å². The fourth-order valence-electron chi connectivity index (χ4n) is 2.71. The number of amides is 2. The van der Waals surface area contributed by atoms with E-state index < -0.39 is 11.1 Å². The summed E-state index contributed by atoms with van der Waals surface area (Å²) in [4.78, 5) is 24.6. The van der Waals surface area contributed by atoms with Crippen molar-refractivity contribution in [2.45, 2.75) is 18.6 Å². The molecule has 2 amide bonds. The molecule has 1 saturated heterocycles. The van der Waals surface area contributed by atoms with Gasteiger partial charge in [-0.1, -0.05) is 11.8 Å². The van der Waals surface area contributed by atoms with Crippen LogP contribution in [0.4, 0.5) is 10.1 Å². The van der Waals surface area contributed by atoms with Gasteiger partial charge in [0.25, 0.3) is 0 Å². The molecule has 1 fully saturated rings. The first kappa shape index (κ1) is 22.3. The first-order valence-corrected chi connectivity index (χ1v) is 10.1. The van der Waals surface area contributed by atoms with Crippen LogP contribution in [0.2, 0.25) is 0 Å². The smallest absolute Gasteiger partial charge is 0.238 e. The largest absolute Gasteiger partial charge is 0.497 e. The normalized spacial score (nSPS) is 17.8. The third-order valence-corrected chi connectivity index (χ3v) is 5.45. The lowest BCUT2D eigenvalue weighted by molar-refractivity contribution is -0.123. The number of carbonyl (C=O) groups is 2. The Hall–Kier alpha value is -3.40. The van der Waals surface area contributed by atoms with Crippen molar-refractivity contribution in [3.63, 3.8) is 0 Å². The molecule has 0 aliphatic carbocycles. The van der Waals surface area contributed by atoms with E-state index in [1.54, 1.807) is 44.4 Å². The molecule has 0 aromatic heterocycles. The molecule has 1 aliphatic rings. The molecule has 2 aromatic rings. The van der Waals surface area contributed by atoms with Crippen molar-refractivity contribution in [2.75, 3.05) is 19.5 Å². The number of benzene rings is 2. The van der Waals surface area contributed by atoms with Gasteiger partial charge in [0.1, 0.15) is 11.0 Å². The van der Waals surface area contributed by atoms with E-state index >= 15 is 0 Å². The fourth-order valence-corrected chi connectivity index (χ4v) is 3.64. The van der Waals surface area contributed by atoms with Crippen LogP contribution in [0.3, 0.4) is 0 Å². The Morgan fingerprint density at radius 3 is 2.58 bits per heavy atom. The average molecular weight is 444 g/mol. The first-order chi connectivity index (χ1) is 14.9. The minimum Gasteiger partial charge on any atom is -0.497 e. The number of hydrogen-bond acceptors (Lipinski definition) is 7. The molecule has 162 valence electrons. The van der Waals surface area contributed by atoms with E-state index in [0.29, 0.717) is 22.7 Å². The maximum Gasteiger partial charge on any atom is 0.238 e. The molecule has 1 heterocycles. The van der Waals surface area contributed by atoms with Crippen LogP contribution in [0.25, 0.3) is 0 Å². The third kappa shape index (κ3) is 5.82. The second-order valence-corrected chi connectivity index (χ2v) is 7.71. The van der Waals surface area contributed by atoms with E-state index in [1.165, 1.54) is 19.2 Å². The van der Waals surface area contributed by atoms with Gasteiger partial charge in [-0.2, -0.15) is 5.10 Å². The van der Waals surface area contributed by atoms with E-state index in [0.717, 1.165) is 11.8 Å². The number of ether oxygens (including phenoxy) is 2. The lowest BCUT2D eigenvalue weighted by Crippen LogP contribution is -2.41. The van der Waals surface area contributed by atoms with Crippen LogP contribution in [0.5, 0.6) is 11.5 Å². The van der Waals surface area contributed by atoms with Gasteiger partial charge in [-0.05, 0) is 49.4 Å².